The molecule has 192 valence electrons. The first kappa shape index (κ1) is 24.6. The number of nitrogens with zero attached hydrogens (tertiary/aromatic N) is 5. The maximum Gasteiger partial charge on any atom is 0.277 e. The van der Waals surface area contributed by atoms with E-state index in [0.29, 0.717) is 45.0 Å². The first-order valence-corrected chi connectivity index (χ1v) is 11.5. The highest BCUT2D eigenvalue weighted by Gasteiger charge is 2.17. The van der Waals surface area contributed by atoms with Crippen LogP contribution in [0.3, 0.4) is 0 Å². The molecule has 0 bridgehead atoms. The van der Waals surface area contributed by atoms with Crippen LogP contribution in [0.2, 0.25) is 0 Å². The van der Waals surface area contributed by atoms with Crippen LogP contribution in [0.25, 0.3) is 16.6 Å². The van der Waals surface area contributed by atoms with Crippen molar-refractivity contribution in [3.05, 3.63) is 83.6 Å². The van der Waals surface area contributed by atoms with Crippen molar-refractivity contribution in [2.75, 3.05) is 19.5 Å². The van der Waals surface area contributed by atoms with Crippen molar-refractivity contribution in [1.29, 1.82) is 0 Å². The van der Waals surface area contributed by atoms with Crippen LogP contribution in [0, 0.1) is 19.7 Å². The SMILES string of the molecule is COc1cc2nccc(Oc3ccc(NC(=O)c4nn(-c5ccc(F)cc5C)cc4C)nn3)c2cc1OC. The number of nitrogens with one attached hydrogen (secondary N) is 1. The van der Waals surface area contributed by atoms with Gasteiger partial charge in [-0.15, -0.1) is 10.2 Å². The zero-order valence-electron chi connectivity index (χ0n) is 21.0. The van der Waals surface area contributed by atoms with Crippen molar-refractivity contribution >= 4 is 22.6 Å². The first-order valence-electron chi connectivity index (χ1n) is 11.5. The van der Waals surface area contributed by atoms with Crippen molar-refractivity contribution in [3.8, 4) is 28.8 Å². The van der Waals surface area contributed by atoms with E-state index in [1.165, 1.54) is 12.1 Å². The summed E-state index contributed by atoms with van der Waals surface area (Å²) in [4.78, 5) is 17.2. The Morgan fingerprint density at radius 2 is 1.71 bits per heavy atom. The van der Waals surface area contributed by atoms with Gasteiger partial charge in [-0.3, -0.25) is 9.78 Å². The van der Waals surface area contributed by atoms with Crippen LogP contribution >= 0.6 is 0 Å². The highest BCUT2D eigenvalue weighted by molar-refractivity contribution is 6.03. The summed E-state index contributed by atoms with van der Waals surface area (Å²) in [6, 6.07) is 12.8. The quantitative estimate of drug-likeness (QED) is 0.322. The third kappa shape index (κ3) is 4.81. The van der Waals surface area contributed by atoms with Gasteiger partial charge in [0, 0.05) is 35.5 Å². The van der Waals surface area contributed by atoms with Gasteiger partial charge in [-0.25, -0.2) is 9.07 Å². The number of pyridine rings is 1. The Morgan fingerprint density at radius 3 is 2.42 bits per heavy atom. The lowest BCUT2D eigenvalue weighted by molar-refractivity contribution is 0.102. The molecule has 0 aliphatic rings. The van der Waals surface area contributed by atoms with Crippen LogP contribution in [0.4, 0.5) is 10.2 Å². The van der Waals surface area contributed by atoms with Crippen LogP contribution in [0.15, 0.2) is 60.9 Å². The summed E-state index contributed by atoms with van der Waals surface area (Å²) >= 11 is 0. The Hall–Kier alpha value is -5.06. The molecule has 0 radical (unpaired) electrons. The lowest BCUT2D eigenvalue weighted by atomic mass is 10.2. The monoisotopic (exact) mass is 514 g/mol. The average molecular weight is 515 g/mol. The summed E-state index contributed by atoms with van der Waals surface area (Å²) in [5.74, 6) is 1.24. The molecule has 0 spiro atoms. The number of hydrogen-bond acceptors (Lipinski definition) is 8. The second-order valence-electron chi connectivity index (χ2n) is 8.38. The van der Waals surface area contributed by atoms with Crippen molar-refractivity contribution in [2.45, 2.75) is 13.8 Å². The fraction of sp³-hybridized carbons (Fsp3) is 0.148. The number of aromatic nitrogens is 5. The zero-order valence-corrected chi connectivity index (χ0v) is 21.0. The topological polar surface area (TPSA) is 113 Å². The molecular formula is C27H23FN6O4. The van der Waals surface area contributed by atoms with E-state index >= 15 is 0 Å². The van der Waals surface area contributed by atoms with Gasteiger partial charge in [0.15, 0.2) is 23.0 Å². The lowest BCUT2D eigenvalue weighted by Gasteiger charge is -2.11. The van der Waals surface area contributed by atoms with Crippen LogP contribution in [0.1, 0.15) is 21.6 Å². The molecule has 3 aromatic heterocycles. The Kier molecular flexibility index (Phi) is 6.56. The predicted octanol–water partition coefficient (Wildman–Crippen LogP) is 5.03. The summed E-state index contributed by atoms with van der Waals surface area (Å²) in [5, 5.41) is 15.9. The van der Waals surface area contributed by atoms with Gasteiger partial charge in [0.25, 0.3) is 5.91 Å². The minimum Gasteiger partial charge on any atom is -0.493 e. The normalized spacial score (nSPS) is 10.9. The number of fused-ring (bicyclic) bond motifs is 1. The van der Waals surface area contributed by atoms with Crippen molar-refractivity contribution in [2.24, 2.45) is 0 Å². The van der Waals surface area contributed by atoms with Crippen LogP contribution < -0.4 is 19.5 Å². The minimum atomic E-state index is -0.454. The molecule has 0 aliphatic heterocycles. The van der Waals surface area contributed by atoms with Gasteiger partial charge < -0.3 is 19.5 Å². The molecule has 5 aromatic rings. The molecule has 10 nitrogen and oxygen atoms in total. The molecule has 0 atom stereocenters. The number of methoxy groups -OCH3 is 2. The maximum absolute atomic E-state index is 13.5. The number of aryl methyl sites for hydroxylation is 2. The van der Waals surface area contributed by atoms with E-state index in [4.69, 9.17) is 14.2 Å². The molecular weight excluding hydrogens is 491 g/mol. The number of carbonyl (C=O) groups excluding carboxylic acids is 1. The van der Waals surface area contributed by atoms with Gasteiger partial charge in [0.05, 0.1) is 25.4 Å². The number of amides is 1. The summed E-state index contributed by atoms with van der Waals surface area (Å²) in [7, 11) is 3.11. The van der Waals surface area contributed by atoms with Crippen molar-refractivity contribution < 1.29 is 23.4 Å². The Morgan fingerprint density at radius 1 is 0.921 bits per heavy atom. The summed E-state index contributed by atoms with van der Waals surface area (Å²) in [6.45, 7) is 3.54. The third-order valence-corrected chi connectivity index (χ3v) is 5.82. The summed E-state index contributed by atoms with van der Waals surface area (Å²) < 4.78 is 31.7. The fourth-order valence-corrected chi connectivity index (χ4v) is 3.95. The van der Waals surface area contributed by atoms with E-state index < -0.39 is 5.91 Å². The van der Waals surface area contributed by atoms with E-state index in [2.05, 4.69) is 25.6 Å². The van der Waals surface area contributed by atoms with Crippen LogP contribution in [-0.4, -0.2) is 45.1 Å². The van der Waals surface area contributed by atoms with E-state index in [1.54, 1.807) is 81.5 Å². The number of anilines is 1. The smallest absolute Gasteiger partial charge is 0.277 e. The third-order valence-electron chi connectivity index (χ3n) is 5.82. The van der Waals surface area contributed by atoms with Crippen molar-refractivity contribution in [3.63, 3.8) is 0 Å². The van der Waals surface area contributed by atoms with Gasteiger partial charge in [-0.05, 0) is 55.8 Å². The molecule has 2 aromatic carbocycles. The lowest BCUT2D eigenvalue weighted by Crippen LogP contribution is -2.15. The summed E-state index contributed by atoms with van der Waals surface area (Å²) in [5.41, 5.74) is 2.89. The van der Waals surface area contributed by atoms with Gasteiger partial charge in [0.2, 0.25) is 5.88 Å². The Bertz CT molecular complexity index is 1650. The number of carbonyl (C=O) groups is 1. The van der Waals surface area contributed by atoms with Crippen LogP contribution in [0.5, 0.6) is 23.1 Å². The molecule has 0 saturated heterocycles. The highest BCUT2D eigenvalue weighted by atomic mass is 19.1. The van der Waals surface area contributed by atoms with Crippen LogP contribution in [-0.2, 0) is 0 Å². The minimum absolute atomic E-state index is 0.212. The number of benzene rings is 2. The largest absolute Gasteiger partial charge is 0.493 e. The standard InChI is InChI=1S/C27H23FN6O4/c1-15-11-17(28)5-6-20(15)34-14-16(2)26(33-34)27(35)30-24-7-8-25(32-31-24)38-21-9-10-29-19-13-23(37-4)22(36-3)12-18(19)21/h5-14H,1-4H3,(H,30,31,35). The van der Waals surface area contributed by atoms with E-state index in [1.807, 2.05) is 0 Å². The second-order valence-corrected chi connectivity index (χ2v) is 8.38. The van der Waals surface area contributed by atoms with Crippen molar-refractivity contribution in [1.82, 2.24) is 25.0 Å². The highest BCUT2D eigenvalue weighted by Crippen LogP contribution is 2.36. The van der Waals surface area contributed by atoms with E-state index in [0.717, 1.165) is 0 Å². The molecule has 1 N–H and O–H groups in total. The molecule has 0 fully saturated rings. The Balaban J connectivity index is 1.33. The Labute approximate surface area is 217 Å². The zero-order chi connectivity index (χ0) is 26.8. The molecule has 11 heteroatoms. The predicted molar refractivity (Wildman–Crippen MR) is 138 cm³/mol. The van der Waals surface area contributed by atoms with E-state index in [-0.39, 0.29) is 23.2 Å². The summed E-state index contributed by atoms with van der Waals surface area (Å²) in [6.07, 6.45) is 3.32. The maximum atomic E-state index is 13.5. The number of rotatable bonds is 7. The van der Waals surface area contributed by atoms with E-state index in [9.17, 15) is 9.18 Å². The molecule has 0 aliphatic carbocycles. The van der Waals surface area contributed by atoms with Gasteiger partial charge in [0.1, 0.15) is 11.6 Å². The molecule has 0 saturated carbocycles. The van der Waals surface area contributed by atoms with Gasteiger partial charge in [-0.2, -0.15) is 5.10 Å². The number of halogens is 1. The van der Waals surface area contributed by atoms with Gasteiger partial charge >= 0.3 is 0 Å². The molecule has 5 rings (SSSR count). The second kappa shape index (κ2) is 10.1. The average Bonchev–Trinajstić information content (AvgIpc) is 3.30. The molecule has 3 heterocycles. The molecule has 38 heavy (non-hydrogen) atoms. The van der Waals surface area contributed by atoms with Gasteiger partial charge in [-0.1, -0.05) is 0 Å². The first-order chi connectivity index (χ1) is 18.4. The fourth-order valence-electron chi connectivity index (χ4n) is 3.95. The molecule has 0 unspecified atom stereocenters. The number of ether oxygens (including phenoxy) is 3. The molecule has 1 amide bonds. The number of hydrogen-bond donors (Lipinski definition) is 1.